The Morgan fingerprint density at radius 3 is 1.20 bits per heavy atom. The minimum atomic E-state index is -2.00. The monoisotopic (exact) mass is 109 g/mol. The van der Waals surface area contributed by atoms with Crippen molar-refractivity contribution < 1.29 is 30.5 Å². The van der Waals surface area contributed by atoms with Crippen molar-refractivity contribution in [2.24, 2.45) is 0 Å². The summed E-state index contributed by atoms with van der Waals surface area (Å²) < 4.78 is 17.0. The maximum atomic E-state index is 8.50. The fraction of sp³-hybridized carbons (Fsp3) is 0. The molecule has 0 rings (SSSR count). The molecule has 1 radical (unpaired) electrons. The van der Waals surface area contributed by atoms with Crippen molar-refractivity contribution in [3.05, 3.63) is 0 Å². The SMILES string of the molecule is [CH]=O.[O]=[Ti]=[O]. The first-order valence-electron chi connectivity index (χ1n) is 0.644. The normalized spacial score (nSPS) is 2.40. The molecule has 0 fully saturated rings. The first-order chi connectivity index (χ1) is 2.41. The van der Waals surface area contributed by atoms with Crippen LogP contribution < -0.4 is 0 Å². The first kappa shape index (κ1) is 8.88. The quantitative estimate of drug-likeness (QED) is 0.310. The molecule has 0 aromatic heterocycles. The van der Waals surface area contributed by atoms with Gasteiger partial charge in [0.2, 0.25) is 0 Å². The second-order valence-electron chi connectivity index (χ2n) is 0.0833. The molecule has 0 aromatic carbocycles. The van der Waals surface area contributed by atoms with E-state index in [9.17, 15) is 0 Å². The molecule has 0 saturated heterocycles. The molecule has 3 nitrogen and oxygen atoms in total. The van der Waals surface area contributed by atoms with Crippen LogP contribution in [0.3, 0.4) is 0 Å². The van der Waals surface area contributed by atoms with Crippen molar-refractivity contribution in [3.8, 4) is 0 Å². The summed E-state index contributed by atoms with van der Waals surface area (Å²) in [4.78, 5) is 7.75. The number of hydrogen-bond acceptors (Lipinski definition) is 3. The van der Waals surface area contributed by atoms with Crippen LogP contribution in [0.15, 0.2) is 0 Å². The second-order valence-corrected chi connectivity index (χ2v) is 0.344. The van der Waals surface area contributed by atoms with Crippen LogP contribution in [0, 0.1) is 0 Å². The van der Waals surface area contributed by atoms with E-state index in [2.05, 4.69) is 6.79 Å². The Labute approximate surface area is 37.9 Å². The van der Waals surface area contributed by atoms with E-state index >= 15 is 0 Å². The average molecular weight is 109 g/mol. The van der Waals surface area contributed by atoms with Gasteiger partial charge < -0.3 is 0 Å². The van der Waals surface area contributed by atoms with Gasteiger partial charge in [-0.15, -0.1) is 0 Å². The van der Waals surface area contributed by atoms with Crippen LogP contribution in [-0.2, 0) is 30.5 Å². The Hall–Kier alpha value is -0.0157. The summed E-state index contributed by atoms with van der Waals surface area (Å²) in [6, 6.07) is 0. The van der Waals surface area contributed by atoms with Crippen LogP contribution in [0.4, 0.5) is 0 Å². The molecule has 0 aromatic rings. The molecule has 0 saturated carbocycles. The summed E-state index contributed by atoms with van der Waals surface area (Å²) in [6.07, 6.45) is 0. The number of hydrogen-bond donors (Lipinski definition) is 0. The third-order valence-corrected chi connectivity index (χ3v) is 0. The Morgan fingerprint density at radius 1 is 1.20 bits per heavy atom. The second kappa shape index (κ2) is 36.6. The molecule has 0 atom stereocenters. The van der Waals surface area contributed by atoms with Gasteiger partial charge in [0.1, 0.15) is 0 Å². The predicted octanol–water partition coefficient (Wildman–Crippen LogP) is -0.514. The van der Waals surface area contributed by atoms with E-state index < -0.39 is 19.1 Å². The van der Waals surface area contributed by atoms with Gasteiger partial charge in [-0.1, -0.05) is 0 Å². The van der Waals surface area contributed by atoms with Gasteiger partial charge in [0.15, 0.2) is 6.79 Å². The van der Waals surface area contributed by atoms with Crippen LogP contribution in [0.5, 0.6) is 0 Å². The van der Waals surface area contributed by atoms with Gasteiger partial charge in [-0.3, -0.25) is 4.79 Å². The molecule has 0 amide bonds. The molecule has 5 heavy (non-hydrogen) atoms. The Bertz CT molecular complexity index is 36.2. The summed E-state index contributed by atoms with van der Waals surface area (Å²) in [5.74, 6) is 0. The summed E-state index contributed by atoms with van der Waals surface area (Å²) in [5.41, 5.74) is 0. The summed E-state index contributed by atoms with van der Waals surface area (Å²) in [6.45, 7) is 3.25. The Kier molecular flexibility index (Phi) is 65.1. The number of rotatable bonds is 0. The molecule has 4 heteroatoms. The minimum absolute atomic E-state index is 2.00. The zero-order valence-corrected chi connectivity index (χ0v) is 3.86. The Morgan fingerprint density at radius 2 is 1.20 bits per heavy atom. The van der Waals surface area contributed by atoms with Gasteiger partial charge in [-0.2, -0.15) is 0 Å². The summed E-state index contributed by atoms with van der Waals surface area (Å²) in [7, 11) is 0. The van der Waals surface area contributed by atoms with Gasteiger partial charge >= 0.3 is 25.7 Å². The van der Waals surface area contributed by atoms with Gasteiger partial charge in [0.05, 0.1) is 0 Å². The number of carbonyl (C=O) groups excluding carboxylic acids is 1. The van der Waals surface area contributed by atoms with E-state index in [1.807, 2.05) is 0 Å². The van der Waals surface area contributed by atoms with E-state index in [0.29, 0.717) is 0 Å². The molecular formula is CHO3Ti. The molecule has 27 valence electrons. The fourth-order valence-corrected chi connectivity index (χ4v) is 0. The molecule has 0 aliphatic heterocycles. The van der Waals surface area contributed by atoms with Gasteiger partial charge in [-0.05, 0) is 0 Å². The molecule has 0 aliphatic rings. The molecule has 0 unspecified atom stereocenters. The van der Waals surface area contributed by atoms with Crippen molar-refractivity contribution in [1.82, 2.24) is 0 Å². The van der Waals surface area contributed by atoms with E-state index in [-0.39, 0.29) is 0 Å². The van der Waals surface area contributed by atoms with Gasteiger partial charge in [-0.25, -0.2) is 0 Å². The zero-order valence-electron chi connectivity index (χ0n) is 2.30. The molecule has 0 spiro atoms. The van der Waals surface area contributed by atoms with Crippen molar-refractivity contribution in [1.29, 1.82) is 0 Å². The Balaban J connectivity index is 0. The van der Waals surface area contributed by atoms with Crippen LogP contribution in [-0.4, -0.2) is 6.79 Å². The van der Waals surface area contributed by atoms with Gasteiger partial charge in [0, 0.05) is 0 Å². The van der Waals surface area contributed by atoms with Crippen molar-refractivity contribution in [2.75, 3.05) is 0 Å². The standard InChI is InChI=1S/CHO.2O.Ti/c1-2;;;/h1H;;;. The zero-order chi connectivity index (χ0) is 4.71. The van der Waals surface area contributed by atoms with E-state index in [1.165, 1.54) is 0 Å². The van der Waals surface area contributed by atoms with Crippen LogP contribution in [0.25, 0.3) is 0 Å². The van der Waals surface area contributed by atoms with Crippen molar-refractivity contribution in [2.45, 2.75) is 0 Å². The molecular weight excluding hydrogens is 108 g/mol. The van der Waals surface area contributed by atoms with E-state index in [1.54, 1.807) is 0 Å². The van der Waals surface area contributed by atoms with Gasteiger partial charge in [0.25, 0.3) is 0 Å². The average Bonchev–Trinajstić information content (AvgIpc) is 1.46. The molecule has 0 N–H and O–H groups in total. The molecule has 0 aliphatic carbocycles. The van der Waals surface area contributed by atoms with Crippen molar-refractivity contribution in [3.63, 3.8) is 0 Å². The summed E-state index contributed by atoms with van der Waals surface area (Å²) >= 11 is -2.00. The predicted molar refractivity (Wildman–Crippen MR) is 8.12 cm³/mol. The van der Waals surface area contributed by atoms with Crippen molar-refractivity contribution >= 4 is 6.79 Å². The fourth-order valence-electron chi connectivity index (χ4n) is 0. The first-order valence-corrected chi connectivity index (χ1v) is 1.92. The van der Waals surface area contributed by atoms with Crippen LogP contribution >= 0.6 is 0 Å². The summed E-state index contributed by atoms with van der Waals surface area (Å²) in [5, 5.41) is 0. The topological polar surface area (TPSA) is 51.2 Å². The molecule has 0 bridgehead atoms. The third-order valence-electron chi connectivity index (χ3n) is 0. The van der Waals surface area contributed by atoms with Crippen LogP contribution in [0.1, 0.15) is 0 Å². The van der Waals surface area contributed by atoms with Crippen LogP contribution in [0.2, 0.25) is 0 Å². The maximum absolute atomic E-state index is 8.50. The van der Waals surface area contributed by atoms with E-state index in [0.717, 1.165) is 0 Å². The van der Waals surface area contributed by atoms with E-state index in [4.69, 9.17) is 11.4 Å². The third kappa shape index (κ3) is 63500. The molecule has 0 heterocycles.